The SMILES string of the molecule is CC[C@H](C)NC(=O)[C@H](CC)N(Cc1ccc(Cl)cc1Cl)C(=O)CN(c1ccccc1C)S(=O)(=O)c1ccc(Cl)cc1. The van der Waals surface area contributed by atoms with Crippen LogP contribution in [-0.4, -0.2) is 43.8 Å². The van der Waals surface area contributed by atoms with Gasteiger partial charge in [0.25, 0.3) is 10.0 Å². The number of nitrogens with one attached hydrogen (secondary N) is 1. The van der Waals surface area contributed by atoms with Crippen LogP contribution in [0.2, 0.25) is 15.1 Å². The maximum absolute atomic E-state index is 14.2. The average Bonchev–Trinajstić information content (AvgIpc) is 2.93. The van der Waals surface area contributed by atoms with Crippen LogP contribution in [0.15, 0.2) is 71.6 Å². The number of amides is 2. The van der Waals surface area contributed by atoms with Crippen molar-refractivity contribution in [1.82, 2.24) is 10.2 Å². The second-order valence-electron chi connectivity index (χ2n) is 9.75. The van der Waals surface area contributed by atoms with Crippen molar-refractivity contribution >= 4 is 62.3 Å². The molecule has 0 bridgehead atoms. The summed E-state index contributed by atoms with van der Waals surface area (Å²) in [5.74, 6) is -0.897. The summed E-state index contributed by atoms with van der Waals surface area (Å²) in [4.78, 5) is 28.9. The number of hydrogen-bond acceptors (Lipinski definition) is 4. The van der Waals surface area contributed by atoms with Gasteiger partial charge in [-0.3, -0.25) is 13.9 Å². The minimum Gasteiger partial charge on any atom is -0.352 e. The fourth-order valence-corrected chi connectivity index (χ4v) is 6.36. The van der Waals surface area contributed by atoms with Crippen LogP contribution in [0, 0.1) is 6.92 Å². The molecule has 41 heavy (non-hydrogen) atoms. The fourth-order valence-electron chi connectivity index (χ4n) is 4.28. The van der Waals surface area contributed by atoms with E-state index in [0.717, 1.165) is 4.31 Å². The van der Waals surface area contributed by atoms with E-state index in [-0.39, 0.29) is 23.4 Å². The number of sulfonamides is 1. The normalized spacial score (nSPS) is 12.9. The first-order chi connectivity index (χ1) is 19.4. The molecule has 220 valence electrons. The van der Waals surface area contributed by atoms with E-state index >= 15 is 0 Å². The third-order valence-electron chi connectivity index (χ3n) is 6.81. The van der Waals surface area contributed by atoms with E-state index in [1.54, 1.807) is 56.3 Å². The first kappa shape index (κ1) is 32.7. The summed E-state index contributed by atoms with van der Waals surface area (Å²) in [6, 6.07) is 16.6. The Morgan fingerprint density at radius 2 is 1.54 bits per heavy atom. The lowest BCUT2D eigenvalue weighted by Crippen LogP contribution is -2.53. The zero-order valence-electron chi connectivity index (χ0n) is 23.4. The van der Waals surface area contributed by atoms with Crippen LogP contribution in [0.25, 0.3) is 0 Å². The van der Waals surface area contributed by atoms with Crippen molar-refractivity contribution in [2.24, 2.45) is 0 Å². The number of hydrogen-bond donors (Lipinski definition) is 1. The van der Waals surface area contributed by atoms with E-state index in [0.29, 0.717) is 44.7 Å². The van der Waals surface area contributed by atoms with E-state index in [2.05, 4.69) is 5.32 Å². The molecule has 3 aromatic rings. The van der Waals surface area contributed by atoms with Crippen molar-refractivity contribution in [2.45, 2.75) is 64.1 Å². The van der Waals surface area contributed by atoms with E-state index in [1.807, 2.05) is 13.8 Å². The Hall–Kier alpha value is -2.78. The van der Waals surface area contributed by atoms with Gasteiger partial charge in [0.1, 0.15) is 12.6 Å². The van der Waals surface area contributed by atoms with Crippen molar-refractivity contribution in [3.63, 3.8) is 0 Å². The van der Waals surface area contributed by atoms with Gasteiger partial charge < -0.3 is 10.2 Å². The summed E-state index contributed by atoms with van der Waals surface area (Å²) in [5.41, 5.74) is 1.58. The zero-order chi connectivity index (χ0) is 30.3. The summed E-state index contributed by atoms with van der Waals surface area (Å²) in [6.07, 6.45) is 1.01. The molecule has 0 aliphatic carbocycles. The van der Waals surface area contributed by atoms with Crippen LogP contribution >= 0.6 is 34.8 Å². The number of halogens is 3. The highest BCUT2D eigenvalue weighted by molar-refractivity contribution is 7.92. The monoisotopic (exact) mass is 637 g/mol. The molecule has 3 rings (SSSR count). The summed E-state index contributed by atoms with van der Waals surface area (Å²) in [6.45, 7) is 6.82. The Morgan fingerprint density at radius 3 is 2.12 bits per heavy atom. The van der Waals surface area contributed by atoms with Crippen molar-refractivity contribution in [3.05, 3.63) is 92.9 Å². The third-order valence-corrected chi connectivity index (χ3v) is 9.42. The van der Waals surface area contributed by atoms with Gasteiger partial charge in [0, 0.05) is 27.7 Å². The highest BCUT2D eigenvalue weighted by Gasteiger charge is 2.34. The predicted octanol–water partition coefficient (Wildman–Crippen LogP) is 6.87. The fraction of sp³-hybridized carbons (Fsp3) is 0.333. The minimum absolute atomic E-state index is 0.0215. The molecule has 0 saturated carbocycles. The van der Waals surface area contributed by atoms with E-state index < -0.39 is 28.5 Å². The van der Waals surface area contributed by atoms with Gasteiger partial charge in [0.15, 0.2) is 0 Å². The van der Waals surface area contributed by atoms with Gasteiger partial charge >= 0.3 is 0 Å². The lowest BCUT2D eigenvalue weighted by Gasteiger charge is -2.34. The van der Waals surface area contributed by atoms with Crippen LogP contribution in [0.3, 0.4) is 0 Å². The third kappa shape index (κ3) is 8.16. The van der Waals surface area contributed by atoms with Crippen LogP contribution < -0.4 is 9.62 Å². The number of benzene rings is 3. The Kier molecular flexibility index (Phi) is 11.5. The van der Waals surface area contributed by atoms with Crippen molar-refractivity contribution in [2.75, 3.05) is 10.8 Å². The molecule has 0 aliphatic heterocycles. The number of para-hydroxylation sites is 1. The molecular weight excluding hydrogens is 605 g/mol. The number of rotatable bonds is 12. The molecule has 0 spiro atoms. The Labute approximate surface area is 257 Å². The number of carbonyl (C=O) groups excluding carboxylic acids is 2. The Morgan fingerprint density at radius 1 is 0.902 bits per heavy atom. The van der Waals surface area contributed by atoms with Gasteiger partial charge in [-0.05, 0) is 80.3 Å². The Bertz CT molecular complexity index is 1480. The highest BCUT2D eigenvalue weighted by Crippen LogP contribution is 2.29. The van der Waals surface area contributed by atoms with Crippen molar-refractivity contribution in [1.29, 1.82) is 0 Å². The summed E-state index contributed by atoms with van der Waals surface area (Å²) in [7, 11) is -4.20. The van der Waals surface area contributed by atoms with Gasteiger partial charge in [0.2, 0.25) is 11.8 Å². The number of aryl methyl sites for hydroxylation is 1. The molecule has 2 amide bonds. The van der Waals surface area contributed by atoms with Gasteiger partial charge in [-0.15, -0.1) is 0 Å². The quantitative estimate of drug-likeness (QED) is 0.235. The van der Waals surface area contributed by atoms with Crippen molar-refractivity contribution < 1.29 is 18.0 Å². The molecule has 0 heterocycles. The largest absolute Gasteiger partial charge is 0.352 e. The molecule has 0 saturated heterocycles. The number of carbonyl (C=O) groups is 2. The molecule has 1 N–H and O–H groups in total. The molecule has 0 aromatic heterocycles. The first-order valence-electron chi connectivity index (χ1n) is 13.3. The summed E-state index contributed by atoms with van der Waals surface area (Å²) >= 11 is 18.6. The van der Waals surface area contributed by atoms with Gasteiger partial charge in [0.05, 0.1) is 10.6 Å². The lowest BCUT2D eigenvalue weighted by molar-refractivity contribution is -0.140. The standard InChI is InChI=1S/C30H34Cl3N3O4S/c1-5-21(4)34-30(38)27(6-2)35(18-22-11-12-24(32)17-26(22)33)29(37)19-36(28-10-8-7-9-20(28)3)41(39,40)25-15-13-23(31)14-16-25/h7-17,21,27H,5-6,18-19H2,1-4H3,(H,34,38)/t21-,27-/m0/s1. The van der Waals surface area contributed by atoms with Crippen LogP contribution in [0.1, 0.15) is 44.7 Å². The van der Waals surface area contributed by atoms with Crippen molar-refractivity contribution in [3.8, 4) is 0 Å². The molecule has 7 nitrogen and oxygen atoms in total. The van der Waals surface area contributed by atoms with Crippen LogP contribution in [-0.2, 0) is 26.2 Å². The molecule has 11 heteroatoms. The maximum atomic E-state index is 14.2. The predicted molar refractivity (Wildman–Crippen MR) is 166 cm³/mol. The molecule has 0 unspecified atom stereocenters. The van der Waals surface area contributed by atoms with Crippen LogP contribution in [0.4, 0.5) is 5.69 Å². The smallest absolute Gasteiger partial charge is 0.264 e. The molecule has 2 atom stereocenters. The Balaban J connectivity index is 2.09. The highest BCUT2D eigenvalue weighted by atomic mass is 35.5. The second kappa shape index (κ2) is 14.4. The molecule has 0 aliphatic rings. The lowest BCUT2D eigenvalue weighted by atomic mass is 10.1. The number of anilines is 1. The number of nitrogens with zero attached hydrogens (tertiary/aromatic N) is 2. The summed E-state index contributed by atoms with van der Waals surface area (Å²) in [5, 5.41) is 4.09. The molecule has 0 radical (unpaired) electrons. The second-order valence-corrected chi connectivity index (χ2v) is 12.9. The molecular formula is C30H34Cl3N3O4S. The van der Waals surface area contributed by atoms with E-state index in [1.165, 1.54) is 29.2 Å². The zero-order valence-corrected chi connectivity index (χ0v) is 26.5. The minimum atomic E-state index is -4.20. The van der Waals surface area contributed by atoms with Gasteiger partial charge in [-0.1, -0.05) is 72.9 Å². The van der Waals surface area contributed by atoms with E-state index in [4.69, 9.17) is 34.8 Å². The average molecular weight is 639 g/mol. The molecule has 3 aromatic carbocycles. The van der Waals surface area contributed by atoms with E-state index in [9.17, 15) is 18.0 Å². The van der Waals surface area contributed by atoms with Gasteiger partial charge in [-0.25, -0.2) is 8.42 Å². The topological polar surface area (TPSA) is 86.8 Å². The first-order valence-corrected chi connectivity index (χ1v) is 15.8. The summed E-state index contributed by atoms with van der Waals surface area (Å²) < 4.78 is 29.0. The maximum Gasteiger partial charge on any atom is 0.264 e. The van der Waals surface area contributed by atoms with Crippen LogP contribution in [0.5, 0.6) is 0 Å². The molecule has 0 fully saturated rings. The van der Waals surface area contributed by atoms with Gasteiger partial charge in [-0.2, -0.15) is 0 Å².